The van der Waals surface area contributed by atoms with Crippen molar-refractivity contribution in [2.24, 2.45) is 4.99 Å². The molecule has 0 bridgehead atoms. The number of sulfone groups is 1. The quantitative estimate of drug-likeness (QED) is 0.647. The SMILES string of the molecule is O=C(Cc1ccccc1)N=C1SC2CS(=O)(=O)CC2N1c1ccc(Cl)c(C(F)(F)F)c1. The third-order valence-corrected chi connectivity index (χ3v) is 8.56. The van der Waals surface area contributed by atoms with E-state index >= 15 is 0 Å². The van der Waals surface area contributed by atoms with E-state index in [1.54, 1.807) is 24.3 Å². The van der Waals surface area contributed by atoms with Crippen LogP contribution in [-0.2, 0) is 27.2 Å². The van der Waals surface area contributed by atoms with Crippen LogP contribution in [-0.4, -0.2) is 42.3 Å². The summed E-state index contributed by atoms with van der Waals surface area (Å²) in [5.74, 6) is -0.808. The van der Waals surface area contributed by atoms with E-state index in [0.717, 1.165) is 29.5 Å². The molecule has 11 heteroatoms. The van der Waals surface area contributed by atoms with Gasteiger partial charge >= 0.3 is 6.18 Å². The van der Waals surface area contributed by atoms with E-state index in [2.05, 4.69) is 4.99 Å². The zero-order valence-corrected chi connectivity index (χ0v) is 18.2. The molecule has 2 unspecified atom stereocenters. The number of amidine groups is 1. The Morgan fingerprint density at radius 2 is 1.87 bits per heavy atom. The first-order chi connectivity index (χ1) is 14.5. The Labute approximate surface area is 186 Å². The number of nitrogens with zero attached hydrogens (tertiary/aromatic N) is 2. The molecule has 0 aliphatic carbocycles. The van der Waals surface area contributed by atoms with Crippen LogP contribution in [0.1, 0.15) is 11.1 Å². The molecule has 2 aromatic carbocycles. The van der Waals surface area contributed by atoms with Crippen LogP contribution in [0.3, 0.4) is 0 Å². The highest BCUT2D eigenvalue weighted by Crippen LogP contribution is 2.43. The van der Waals surface area contributed by atoms with Crippen molar-refractivity contribution in [1.82, 2.24) is 0 Å². The van der Waals surface area contributed by atoms with Crippen molar-refractivity contribution >= 4 is 50.0 Å². The predicted molar refractivity (Wildman–Crippen MR) is 115 cm³/mol. The van der Waals surface area contributed by atoms with Crippen molar-refractivity contribution in [1.29, 1.82) is 0 Å². The number of carbonyl (C=O) groups excluding carboxylic acids is 1. The second-order valence-electron chi connectivity index (χ2n) is 7.28. The van der Waals surface area contributed by atoms with Gasteiger partial charge in [-0.3, -0.25) is 4.79 Å². The zero-order chi connectivity index (χ0) is 22.4. The molecule has 2 heterocycles. The molecule has 0 aromatic heterocycles. The number of hydrogen-bond donors (Lipinski definition) is 0. The van der Waals surface area contributed by atoms with E-state index in [4.69, 9.17) is 11.6 Å². The van der Waals surface area contributed by atoms with Crippen LogP contribution in [0.15, 0.2) is 53.5 Å². The number of anilines is 1. The number of fused-ring (bicyclic) bond motifs is 1. The predicted octanol–water partition coefficient (Wildman–Crippen LogP) is 4.20. The molecule has 2 saturated heterocycles. The van der Waals surface area contributed by atoms with Crippen molar-refractivity contribution in [2.75, 3.05) is 16.4 Å². The third kappa shape index (κ3) is 4.75. The number of aliphatic imine (C=N–C) groups is 1. The number of hydrogen-bond acceptors (Lipinski definition) is 4. The lowest BCUT2D eigenvalue weighted by Crippen LogP contribution is -2.38. The topological polar surface area (TPSA) is 66.8 Å². The van der Waals surface area contributed by atoms with Crippen LogP contribution in [0.2, 0.25) is 5.02 Å². The Balaban J connectivity index is 1.71. The molecule has 2 atom stereocenters. The molecular formula is C20H16ClF3N2O3S2. The first-order valence-electron chi connectivity index (χ1n) is 9.22. The second kappa shape index (κ2) is 8.14. The van der Waals surface area contributed by atoms with E-state index < -0.39 is 43.8 Å². The summed E-state index contributed by atoms with van der Waals surface area (Å²) in [5.41, 5.74) is -0.184. The molecule has 5 nitrogen and oxygen atoms in total. The van der Waals surface area contributed by atoms with E-state index in [1.807, 2.05) is 6.07 Å². The minimum Gasteiger partial charge on any atom is -0.316 e. The maximum absolute atomic E-state index is 13.4. The third-order valence-electron chi connectivity index (χ3n) is 5.02. The molecule has 164 valence electrons. The van der Waals surface area contributed by atoms with Crippen molar-refractivity contribution in [3.05, 3.63) is 64.7 Å². The number of amides is 1. The Kier molecular flexibility index (Phi) is 5.82. The van der Waals surface area contributed by atoms with Crippen LogP contribution in [0, 0.1) is 0 Å². The molecule has 2 aliphatic rings. The summed E-state index contributed by atoms with van der Waals surface area (Å²) in [6.07, 6.45) is -4.65. The Morgan fingerprint density at radius 1 is 1.16 bits per heavy atom. The Hall–Kier alpha value is -2.04. The Bertz CT molecular complexity index is 1150. The summed E-state index contributed by atoms with van der Waals surface area (Å²) in [5, 5.41) is -0.683. The summed E-state index contributed by atoms with van der Waals surface area (Å²) in [4.78, 5) is 18.1. The number of halogens is 4. The van der Waals surface area contributed by atoms with Crippen molar-refractivity contribution in [3.63, 3.8) is 0 Å². The standard InChI is InChI=1S/C20H16ClF3N2O3S2/c21-15-7-6-13(9-14(15)20(22,23)24)26-16-10-31(28,29)11-17(16)30-19(26)25-18(27)8-12-4-2-1-3-5-12/h1-7,9,16-17H,8,10-11H2. The van der Waals surface area contributed by atoms with Crippen LogP contribution in [0.5, 0.6) is 0 Å². The highest BCUT2D eigenvalue weighted by molar-refractivity contribution is 8.16. The first kappa shape index (κ1) is 22.2. The van der Waals surface area contributed by atoms with Gasteiger partial charge in [-0.25, -0.2) is 8.42 Å². The summed E-state index contributed by atoms with van der Waals surface area (Å²) in [6, 6.07) is 11.7. The van der Waals surface area contributed by atoms with Crippen LogP contribution in [0.25, 0.3) is 0 Å². The lowest BCUT2D eigenvalue weighted by atomic mass is 10.1. The molecule has 1 amide bonds. The number of thioether (sulfide) groups is 1. The highest BCUT2D eigenvalue weighted by Gasteiger charge is 2.49. The fourth-order valence-corrected chi connectivity index (χ4v) is 7.82. The van der Waals surface area contributed by atoms with Gasteiger partial charge in [0.05, 0.1) is 34.6 Å². The maximum Gasteiger partial charge on any atom is 0.417 e. The molecule has 31 heavy (non-hydrogen) atoms. The van der Waals surface area contributed by atoms with Crippen LogP contribution in [0.4, 0.5) is 18.9 Å². The van der Waals surface area contributed by atoms with Crippen molar-refractivity contribution < 1.29 is 26.4 Å². The molecule has 0 N–H and O–H groups in total. The molecule has 2 aliphatic heterocycles. The van der Waals surface area contributed by atoms with Gasteiger partial charge in [-0.1, -0.05) is 53.7 Å². The first-order valence-corrected chi connectivity index (χ1v) is 12.3. The second-order valence-corrected chi connectivity index (χ2v) is 11.1. The smallest absolute Gasteiger partial charge is 0.316 e. The maximum atomic E-state index is 13.4. The molecule has 2 aromatic rings. The van der Waals surface area contributed by atoms with Gasteiger partial charge in [0.15, 0.2) is 15.0 Å². The number of rotatable bonds is 3. The fraction of sp³-hybridized carbons (Fsp3) is 0.300. The lowest BCUT2D eigenvalue weighted by Gasteiger charge is -2.25. The average Bonchev–Trinajstić information content (AvgIpc) is 3.13. The number of benzene rings is 2. The van der Waals surface area contributed by atoms with Crippen LogP contribution >= 0.6 is 23.4 Å². The lowest BCUT2D eigenvalue weighted by molar-refractivity contribution is -0.137. The monoisotopic (exact) mass is 488 g/mol. The van der Waals surface area contributed by atoms with E-state index in [1.165, 1.54) is 11.0 Å². The van der Waals surface area contributed by atoms with Gasteiger partial charge in [-0.2, -0.15) is 18.2 Å². The largest absolute Gasteiger partial charge is 0.417 e. The van der Waals surface area contributed by atoms with E-state index in [9.17, 15) is 26.4 Å². The number of carbonyl (C=O) groups is 1. The van der Waals surface area contributed by atoms with Gasteiger partial charge in [0.25, 0.3) is 5.91 Å². The van der Waals surface area contributed by atoms with Crippen LogP contribution < -0.4 is 4.90 Å². The Morgan fingerprint density at radius 3 is 2.55 bits per heavy atom. The molecule has 0 saturated carbocycles. The molecular weight excluding hydrogens is 473 g/mol. The number of alkyl halides is 3. The summed E-state index contributed by atoms with van der Waals surface area (Å²) < 4.78 is 64.4. The van der Waals surface area contributed by atoms with Gasteiger partial charge in [0, 0.05) is 10.9 Å². The van der Waals surface area contributed by atoms with Gasteiger partial charge in [-0.05, 0) is 23.8 Å². The molecule has 2 fully saturated rings. The van der Waals surface area contributed by atoms with Gasteiger partial charge < -0.3 is 4.90 Å². The highest BCUT2D eigenvalue weighted by atomic mass is 35.5. The minimum absolute atomic E-state index is 0.0286. The summed E-state index contributed by atoms with van der Waals surface area (Å²) in [7, 11) is -3.34. The average molecular weight is 489 g/mol. The van der Waals surface area contributed by atoms with Crippen molar-refractivity contribution in [3.8, 4) is 0 Å². The summed E-state index contributed by atoms with van der Waals surface area (Å²) in [6.45, 7) is 0. The van der Waals surface area contributed by atoms with Gasteiger partial charge in [-0.15, -0.1) is 0 Å². The van der Waals surface area contributed by atoms with Crippen molar-refractivity contribution in [2.45, 2.75) is 23.9 Å². The zero-order valence-electron chi connectivity index (χ0n) is 15.8. The normalized spacial score (nSPS) is 23.9. The minimum atomic E-state index is -4.68. The summed E-state index contributed by atoms with van der Waals surface area (Å²) >= 11 is 6.84. The van der Waals surface area contributed by atoms with Gasteiger partial charge in [0.1, 0.15) is 0 Å². The molecule has 0 radical (unpaired) electrons. The van der Waals surface area contributed by atoms with E-state index in [-0.39, 0.29) is 28.8 Å². The van der Waals surface area contributed by atoms with E-state index in [0.29, 0.717) is 0 Å². The molecule has 4 rings (SSSR count). The fourth-order valence-electron chi connectivity index (χ4n) is 3.66. The van der Waals surface area contributed by atoms with Gasteiger partial charge in [0.2, 0.25) is 0 Å². The molecule has 0 spiro atoms.